The number of anilines is 1. The third-order valence-corrected chi connectivity index (χ3v) is 5.59. The van der Waals surface area contributed by atoms with Crippen LogP contribution in [0.2, 0.25) is 0 Å². The van der Waals surface area contributed by atoms with Gasteiger partial charge in [-0.3, -0.25) is 9.59 Å². The average Bonchev–Trinajstić information content (AvgIpc) is 3.50. The van der Waals surface area contributed by atoms with Gasteiger partial charge in [-0.15, -0.1) is 0 Å². The summed E-state index contributed by atoms with van der Waals surface area (Å²) in [5.74, 6) is -0.115. The average molecular weight is 420 g/mol. The smallest absolute Gasteiger partial charge is 0.340 e. The van der Waals surface area contributed by atoms with E-state index in [2.05, 4.69) is 0 Å². The maximum atomic E-state index is 12.8. The van der Waals surface area contributed by atoms with Crippen LogP contribution in [0.4, 0.5) is 5.69 Å². The van der Waals surface area contributed by atoms with Gasteiger partial charge in [-0.05, 0) is 50.6 Å². The van der Waals surface area contributed by atoms with Crippen molar-refractivity contribution in [2.24, 2.45) is 0 Å². The molecule has 0 unspecified atom stereocenters. The third-order valence-electron chi connectivity index (χ3n) is 5.59. The number of hydrogen-bond acceptors (Lipinski definition) is 5. The fourth-order valence-electron chi connectivity index (χ4n) is 3.96. The standard InChI is InChI=1S/C24H24N2O5/c1-16-13-20(17(2)26(16)14-18-7-6-12-30-18)22(27)15-31-24(29)19-8-3-4-9-21(19)25-11-5-10-23(25)28/h3-4,6-9,12-13H,5,10-11,14-15H2,1-2H3. The number of carbonyl (C=O) groups is 3. The number of rotatable bonds is 7. The number of hydrogen-bond donors (Lipinski definition) is 0. The fraction of sp³-hybridized carbons (Fsp3) is 0.292. The number of esters is 1. The lowest BCUT2D eigenvalue weighted by Crippen LogP contribution is -2.26. The lowest BCUT2D eigenvalue weighted by molar-refractivity contribution is -0.117. The topological polar surface area (TPSA) is 81.8 Å². The Bertz CT molecular complexity index is 1130. The molecule has 1 fully saturated rings. The minimum absolute atomic E-state index is 0.0136. The lowest BCUT2D eigenvalue weighted by atomic mass is 10.1. The van der Waals surface area contributed by atoms with Gasteiger partial charge in [-0.1, -0.05) is 12.1 Å². The summed E-state index contributed by atoms with van der Waals surface area (Å²) in [5, 5.41) is 0. The molecule has 0 N–H and O–H groups in total. The molecule has 4 rings (SSSR count). The zero-order valence-corrected chi connectivity index (χ0v) is 17.6. The number of ketones is 1. The number of aryl methyl sites for hydroxylation is 1. The van der Waals surface area contributed by atoms with Gasteiger partial charge < -0.3 is 18.6 Å². The van der Waals surface area contributed by atoms with Crippen molar-refractivity contribution in [2.75, 3.05) is 18.1 Å². The van der Waals surface area contributed by atoms with Crippen molar-refractivity contribution in [1.29, 1.82) is 0 Å². The molecule has 3 aromatic rings. The normalized spacial score (nSPS) is 13.6. The Morgan fingerprint density at radius 3 is 2.61 bits per heavy atom. The zero-order chi connectivity index (χ0) is 22.0. The van der Waals surface area contributed by atoms with Crippen LogP contribution in [-0.2, 0) is 16.1 Å². The van der Waals surface area contributed by atoms with Crippen LogP contribution in [0.5, 0.6) is 0 Å². The number of furan rings is 1. The van der Waals surface area contributed by atoms with E-state index in [1.807, 2.05) is 30.5 Å². The van der Waals surface area contributed by atoms with Crippen molar-refractivity contribution in [3.8, 4) is 0 Å². The Morgan fingerprint density at radius 1 is 1.10 bits per heavy atom. The quantitative estimate of drug-likeness (QED) is 0.428. The van der Waals surface area contributed by atoms with E-state index in [4.69, 9.17) is 9.15 Å². The van der Waals surface area contributed by atoms with Gasteiger partial charge in [0.25, 0.3) is 0 Å². The van der Waals surface area contributed by atoms with Crippen LogP contribution in [0.3, 0.4) is 0 Å². The van der Waals surface area contributed by atoms with E-state index in [0.29, 0.717) is 30.8 Å². The number of aromatic nitrogens is 1. The molecular weight excluding hydrogens is 396 g/mol. The number of benzene rings is 1. The molecule has 0 bridgehead atoms. The van der Waals surface area contributed by atoms with Gasteiger partial charge in [0, 0.05) is 29.9 Å². The Morgan fingerprint density at radius 2 is 1.90 bits per heavy atom. The Balaban J connectivity index is 1.46. The van der Waals surface area contributed by atoms with Gasteiger partial charge in [0.1, 0.15) is 5.76 Å². The number of amides is 1. The molecule has 31 heavy (non-hydrogen) atoms. The SMILES string of the molecule is Cc1cc(C(=O)COC(=O)c2ccccc2N2CCCC2=O)c(C)n1Cc1ccco1. The number of para-hydroxylation sites is 1. The van der Waals surface area contributed by atoms with Gasteiger partial charge in [0.2, 0.25) is 11.7 Å². The molecule has 1 aliphatic rings. The lowest BCUT2D eigenvalue weighted by Gasteiger charge is -2.18. The second-order valence-corrected chi connectivity index (χ2v) is 7.62. The first-order valence-corrected chi connectivity index (χ1v) is 10.2. The van der Waals surface area contributed by atoms with Crippen molar-refractivity contribution in [3.63, 3.8) is 0 Å². The molecule has 1 saturated heterocycles. The molecule has 3 heterocycles. The molecule has 0 spiro atoms. The van der Waals surface area contributed by atoms with Crippen LogP contribution in [0.25, 0.3) is 0 Å². The molecule has 0 saturated carbocycles. The Labute approximate surface area is 180 Å². The monoisotopic (exact) mass is 420 g/mol. The van der Waals surface area contributed by atoms with Crippen molar-refractivity contribution >= 4 is 23.3 Å². The number of ether oxygens (including phenoxy) is 1. The van der Waals surface area contributed by atoms with Crippen LogP contribution >= 0.6 is 0 Å². The minimum atomic E-state index is -0.618. The fourth-order valence-corrected chi connectivity index (χ4v) is 3.96. The maximum absolute atomic E-state index is 12.8. The second-order valence-electron chi connectivity index (χ2n) is 7.62. The van der Waals surface area contributed by atoms with Crippen molar-refractivity contribution in [1.82, 2.24) is 4.57 Å². The minimum Gasteiger partial charge on any atom is -0.467 e. The van der Waals surface area contributed by atoms with Gasteiger partial charge in [0.15, 0.2) is 6.61 Å². The highest BCUT2D eigenvalue weighted by Gasteiger charge is 2.26. The van der Waals surface area contributed by atoms with E-state index in [1.54, 1.807) is 41.5 Å². The summed E-state index contributed by atoms with van der Waals surface area (Å²) in [6.07, 6.45) is 2.84. The summed E-state index contributed by atoms with van der Waals surface area (Å²) in [7, 11) is 0. The molecule has 7 heteroatoms. The molecule has 0 aliphatic carbocycles. The molecule has 1 amide bonds. The van der Waals surface area contributed by atoms with Gasteiger partial charge in [-0.2, -0.15) is 0 Å². The summed E-state index contributed by atoms with van der Waals surface area (Å²) >= 11 is 0. The summed E-state index contributed by atoms with van der Waals surface area (Å²) in [6, 6.07) is 12.3. The Kier molecular flexibility index (Phi) is 5.75. The summed E-state index contributed by atoms with van der Waals surface area (Å²) in [4.78, 5) is 39.2. The zero-order valence-electron chi connectivity index (χ0n) is 17.6. The van der Waals surface area contributed by atoms with Gasteiger partial charge in [-0.25, -0.2) is 4.79 Å². The first-order valence-electron chi connectivity index (χ1n) is 10.2. The molecule has 2 aromatic heterocycles. The van der Waals surface area contributed by atoms with Gasteiger partial charge >= 0.3 is 5.97 Å². The van der Waals surface area contributed by atoms with E-state index >= 15 is 0 Å². The van der Waals surface area contributed by atoms with Crippen LogP contribution in [0.1, 0.15) is 50.7 Å². The Hall–Kier alpha value is -3.61. The summed E-state index contributed by atoms with van der Waals surface area (Å²) in [5.41, 5.74) is 3.03. The second kappa shape index (κ2) is 8.63. The number of nitrogens with zero attached hydrogens (tertiary/aromatic N) is 2. The summed E-state index contributed by atoms with van der Waals surface area (Å²) < 4.78 is 12.7. The van der Waals surface area contributed by atoms with E-state index in [0.717, 1.165) is 23.6 Å². The predicted octanol–water partition coefficient (Wildman–Crippen LogP) is 3.91. The molecule has 7 nitrogen and oxygen atoms in total. The molecule has 160 valence electrons. The predicted molar refractivity (Wildman–Crippen MR) is 114 cm³/mol. The van der Waals surface area contributed by atoms with Crippen molar-refractivity contribution in [3.05, 3.63) is 77.0 Å². The van der Waals surface area contributed by atoms with Crippen LogP contribution in [0, 0.1) is 13.8 Å². The van der Waals surface area contributed by atoms with E-state index in [9.17, 15) is 14.4 Å². The maximum Gasteiger partial charge on any atom is 0.340 e. The third kappa shape index (κ3) is 4.17. The molecule has 1 aromatic carbocycles. The van der Waals surface area contributed by atoms with Crippen molar-refractivity contribution < 1.29 is 23.5 Å². The first kappa shape index (κ1) is 20.7. The largest absolute Gasteiger partial charge is 0.467 e. The van der Waals surface area contributed by atoms with Crippen LogP contribution in [-0.4, -0.2) is 35.4 Å². The van der Waals surface area contributed by atoms with Gasteiger partial charge in [0.05, 0.1) is 24.1 Å². The summed E-state index contributed by atoms with van der Waals surface area (Å²) in [6.45, 7) is 4.51. The van der Waals surface area contributed by atoms with Crippen molar-refractivity contribution in [2.45, 2.75) is 33.2 Å². The molecule has 1 aliphatic heterocycles. The highest BCUT2D eigenvalue weighted by molar-refractivity contribution is 6.05. The molecular formula is C24H24N2O5. The van der Waals surface area contributed by atoms with Crippen LogP contribution < -0.4 is 4.90 Å². The first-order chi connectivity index (χ1) is 15.0. The van der Waals surface area contributed by atoms with E-state index in [-0.39, 0.29) is 23.9 Å². The number of Topliss-reactive ketones (excluding diaryl/α,β-unsaturated/α-hetero) is 1. The van der Waals surface area contributed by atoms with Crippen LogP contribution in [0.15, 0.2) is 53.1 Å². The molecule has 0 atom stereocenters. The van der Waals surface area contributed by atoms with E-state index in [1.165, 1.54) is 0 Å². The number of carbonyl (C=O) groups excluding carboxylic acids is 3. The van der Waals surface area contributed by atoms with E-state index < -0.39 is 5.97 Å². The molecule has 0 radical (unpaired) electrons. The highest BCUT2D eigenvalue weighted by Crippen LogP contribution is 2.26. The highest BCUT2D eigenvalue weighted by atomic mass is 16.5.